The van der Waals surface area contributed by atoms with E-state index in [9.17, 15) is 18.0 Å². The Balaban J connectivity index is 1.12. The molecule has 2 aliphatic carbocycles. The van der Waals surface area contributed by atoms with Crippen molar-refractivity contribution in [3.8, 4) is 6.07 Å². The standard InChI is InChI=1S/C28H28N6O4S/c29-19-20-6-10-23(11-7-20)31-28(36)34-17-15-33(16-18-34)27(35)22-8-12-24(13-9-22)32-39(37,38)25-5-1-3-21-4-2-14-30-26(21)25/h1-10,12,14,23-24,32H,11,13,15-18H2,(H,31,36). The van der Waals surface area contributed by atoms with Crippen LogP contribution in [0.4, 0.5) is 4.79 Å². The van der Waals surface area contributed by atoms with Gasteiger partial charge < -0.3 is 15.1 Å². The summed E-state index contributed by atoms with van der Waals surface area (Å²) in [6.07, 6.45) is 12.9. The molecular formula is C28H28N6O4S. The van der Waals surface area contributed by atoms with E-state index in [2.05, 4.69) is 21.1 Å². The van der Waals surface area contributed by atoms with Gasteiger partial charge in [-0.3, -0.25) is 9.78 Å². The molecule has 10 nitrogen and oxygen atoms in total. The van der Waals surface area contributed by atoms with Crippen LogP contribution in [0, 0.1) is 11.3 Å². The predicted molar refractivity (Wildman–Crippen MR) is 146 cm³/mol. The topological polar surface area (TPSA) is 136 Å². The Kier molecular flexibility index (Phi) is 7.58. The Bertz CT molecular complexity index is 1560. The zero-order valence-corrected chi connectivity index (χ0v) is 22.0. The number of nitrogens with zero attached hydrogens (tertiary/aromatic N) is 4. The third kappa shape index (κ3) is 5.92. The van der Waals surface area contributed by atoms with Crippen LogP contribution in [-0.2, 0) is 14.8 Å². The molecule has 5 rings (SSSR count). The van der Waals surface area contributed by atoms with Crippen molar-refractivity contribution in [1.82, 2.24) is 24.8 Å². The van der Waals surface area contributed by atoms with Crippen molar-refractivity contribution < 1.29 is 18.0 Å². The van der Waals surface area contributed by atoms with Gasteiger partial charge in [0.25, 0.3) is 5.91 Å². The van der Waals surface area contributed by atoms with Crippen LogP contribution >= 0.6 is 0 Å². The van der Waals surface area contributed by atoms with E-state index in [1.54, 1.807) is 58.5 Å². The molecule has 11 heteroatoms. The molecule has 2 aromatic rings. The number of carbonyl (C=O) groups excluding carboxylic acids is 2. The molecule has 1 fully saturated rings. The van der Waals surface area contributed by atoms with Gasteiger partial charge in [-0.1, -0.05) is 48.6 Å². The summed E-state index contributed by atoms with van der Waals surface area (Å²) in [6, 6.07) is 9.84. The Morgan fingerprint density at radius 3 is 2.36 bits per heavy atom. The number of hydrogen-bond donors (Lipinski definition) is 2. The fourth-order valence-corrected chi connectivity index (χ4v) is 6.16. The average molecular weight is 545 g/mol. The van der Waals surface area contributed by atoms with Crippen molar-refractivity contribution in [2.45, 2.75) is 29.8 Å². The molecule has 0 bridgehead atoms. The van der Waals surface area contributed by atoms with Gasteiger partial charge in [-0.2, -0.15) is 5.26 Å². The van der Waals surface area contributed by atoms with Crippen molar-refractivity contribution in [3.05, 3.63) is 84.1 Å². The number of piperazine rings is 1. The normalized spacial score (nSPS) is 21.2. The number of carbonyl (C=O) groups is 2. The number of rotatable bonds is 5. The van der Waals surface area contributed by atoms with Crippen molar-refractivity contribution >= 4 is 32.9 Å². The Hall–Kier alpha value is -4.27. The van der Waals surface area contributed by atoms with E-state index in [1.807, 2.05) is 18.2 Å². The zero-order valence-electron chi connectivity index (χ0n) is 21.2. The number of sulfonamides is 1. The first-order chi connectivity index (χ1) is 18.8. The van der Waals surface area contributed by atoms with E-state index < -0.39 is 16.1 Å². The van der Waals surface area contributed by atoms with E-state index in [0.717, 1.165) is 5.39 Å². The van der Waals surface area contributed by atoms with Crippen LogP contribution in [0.15, 0.2) is 89.0 Å². The first kappa shape index (κ1) is 26.3. The average Bonchev–Trinajstić information content (AvgIpc) is 2.97. The number of nitriles is 1. The third-order valence-corrected chi connectivity index (χ3v) is 8.45. The second-order valence-electron chi connectivity index (χ2n) is 9.51. The van der Waals surface area contributed by atoms with Gasteiger partial charge in [0.2, 0.25) is 10.0 Å². The molecule has 1 aromatic carbocycles. The Morgan fingerprint density at radius 1 is 0.949 bits per heavy atom. The molecule has 0 spiro atoms. The number of hydrogen-bond acceptors (Lipinski definition) is 6. The van der Waals surface area contributed by atoms with Gasteiger partial charge in [-0.15, -0.1) is 0 Å². The lowest BCUT2D eigenvalue weighted by molar-refractivity contribution is -0.128. The van der Waals surface area contributed by atoms with Crippen LogP contribution in [0.25, 0.3) is 10.9 Å². The summed E-state index contributed by atoms with van der Waals surface area (Å²) in [4.78, 5) is 33.4. The molecule has 3 amide bonds. The SMILES string of the molecule is N#CC1=CCC(NC(=O)N2CCN(C(=O)C3=CCC(NS(=O)(=O)c4cccc5cccnc45)C=C3)CC2)C=C1. The summed E-state index contributed by atoms with van der Waals surface area (Å²) in [7, 11) is -3.83. The van der Waals surface area contributed by atoms with E-state index in [4.69, 9.17) is 5.26 Å². The second kappa shape index (κ2) is 11.2. The molecular weight excluding hydrogens is 516 g/mol. The lowest BCUT2D eigenvalue weighted by Gasteiger charge is -2.36. The van der Waals surface area contributed by atoms with E-state index in [-0.39, 0.29) is 22.9 Å². The number of allylic oxidation sites excluding steroid dienone is 2. The maximum Gasteiger partial charge on any atom is 0.317 e. The maximum atomic E-state index is 13.1. The van der Waals surface area contributed by atoms with Crippen LogP contribution in [0.1, 0.15) is 12.8 Å². The van der Waals surface area contributed by atoms with E-state index in [0.29, 0.717) is 55.7 Å². The van der Waals surface area contributed by atoms with Gasteiger partial charge >= 0.3 is 6.03 Å². The summed E-state index contributed by atoms with van der Waals surface area (Å²) >= 11 is 0. The predicted octanol–water partition coefficient (Wildman–Crippen LogP) is 2.40. The van der Waals surface area contributed by atoms with Gasteiger partial charge in [-0.25, -0.2) is 17.9 Å². The molecule has 2 heterocycles. The highest BCUT2D eigenvalue weighted by molar-refractivity contribution is 7.89. The smallest absolute Gasteiger partial charge is 0.317 e. The van der Waals surface area contributed by atoms with E-state index >= 15 is 0 Å². The molecule has 2 N–H and O–H groups in total. The fraction of sp³-hybridized carbons (Fsp3) is 0.286. The van der Waals surface area contributed by atoms with E-state index in [1.165, 1.54) is 6.07 Å². The number of nitrogens with one attached hydrogen (secondary N) is 2. The first-order valence-electron chi connectivity index (χ1n) is 12.7. The largest absolute Gasteiger partial charge is 0.335 e. The number of aromatic nitrogens is 1. The lowest BCUT2D eigenvalue weighted by atomic mass is 10.0. The van der Waals surface area contributed by atoms with Gasteiger partial charge in [0.15, 0.2) is 0 Å². The molecule has 2 unspecified atom stereocenters. The van der Waals surface area contributed by atoms with Crippen molar-refractivity contribution in [2.75, 3.05) is 26.2 Å². The minimum Gasteiger partial charge on any atom is -0.335 e. The second-order valence-corrected chi connectivity index (χ2v) is 11.2. The summed E-state index contributed by atoms with van der Waals surface area (Å²) < 4.78 is 28.9. The molecule has 1 aromatic heterocycles. The first-order valence-corrected chi connectivity index (χ1v) is 14.2. The van der Waals surface area contributed by atoms with Crippen molar-refractivity contribution in [3.63, 3.8) is 0 Å². The quantitative estimate of drug-likeness (QED) is 0.594. The number of pyridine rings is 1. The minimum absolute atomic E-state index is 0.115. The third-order valence-electron chi connectivity index (χ3n) is 6.93. The van der Waals surface area contributed by atoms with Gasteiger partial charge in [0.1, 0.15) is 4.90 Å². The van der Waals surface area contributed by atoms with Gasteiger partial charge in [0, 0.05) is 55.0 Å². The van der Waals surface area contributed by atoms with Crippen molar-refractivity contribution in [2.24, 2.45) is 0 Å². The summed E-state index contributed by atoms with van der Waals surface area (Å²) in [6.45, 7) is 1.62. The molecule has 0 radical (unpaired) electrons. The van der Waals surface area contributed by atoms with Crippen LogP contribution in [0.2, 0.25) is 0 Å². The summed E-state index contributed by atoms with van der Waals surface area (Å²) in [5.41, 5.74) is 1.50. The van der Waals surface area contributed by atoms with Gasteiger partial charge in [0.05, 0.1) is 17.6 Å². The van der Waals surface area contributed by atoms with Crippen LogP contribution < -0.4 is 10.0 Å². The number of amides is 3. The molecule has 2 atom stereocenters. The Labute approximate surface area is 227 Å². The highest BCUT2D eigenvalue weighted by Gasteiger charge is 2.28. The summed E-state index contributed by atoms with van der Waals surface area (Å²) in [5.74, 6) is -0.143. The molecule has 1 aliphatic heterocycles. The highest BCUT2D eigenvalue weighted by Crippen LogP contribution is 2.22. The van der Waals surface area contributed by atoms with Crippen LogP contribution in [0.5, 0.6) is 0 Å². The molecule has 200 valence electrons. The fourth-order valence-electron chi connectivity index (χ4n) is 4.78. The molecule has 0 saturated carbocycles. The summed E-state index contributed by atoms with van der Waals surface area (Å²) in [5, 5.41) is 12.6. The highest BCUT2D eigenvalue weighted by atomic mass is 32.2. The molecule has 3 aliphatic rings. The molecule has 1 saturated heterocycles. The van der Waals surface area contributed by atoms with Crippen molar-refractivity contribution in [1.29, 1.82) is 5.26 Å². The van der Waals surface area contributed by atoms with Gasteiger partial charge in [-0.05, 0) is 31.1 Å². The number of para-hydroxylation sites is 1. The Morgan fingerprint density at radius 2 is 1.67 bits per heavy atom. The maximum absolute atomic E-state index is 13.1. The number of benzene rings is 1. The van der Waals surface area contributed by atoms with Crippen LogP contribution in [-0.4, -0.2) is 73.4 Å². The monoisotopic (exact) mass is 544 g/mol. The molecule has 39 heavy (non-hydrogen) atoms. The minimum atomic E-state index is -3.83. The number of urea groups is 1. The zero-order chi connectivity index (χ0) is 27.4. The lowest BCUT2D eigenvalue weighted by Crippen LogP contribution is -2.54. The number of fused-ring (bicyclic) bond motifs is 1. The van der Waals surface area contributed by atoms with Crippen LogP contribution in [0.3, 0.4) is 0 Å².